The molecular formula is C16H20N6OS. The molecule has 3 aromatic heterocycles. The van der Waals surface area contributed by atoms with Crippen LogP contribution < -0.4 is 4.90 Å². The van der Waals surface area contributed by atoms with Gasteiger partial charge in [-0.1, -0.05) is 20.8 Å². The van der Waals surface area contributed by atoms with Crippen molar-refractivity contribution in [3.8, 4) is 0 Å². The predicted molar refractivity (Wildman–Crippen MR) is 92.5 cm³/mol. The monoisotopic (exact) mass is 344 g/mol. The van der Waals surface area contributed by atoms with Gasteiger partial charge in [0.15, 0.2) is 5.65 Å². The van der Waals surface area contributed by atoms with Crippen molar-refractivity contribution >= 4 is 22.7 Å². The third-order valence-electron chi connectivity index (χ3n) is 4.17. The highest BCUT2D eigenvalue weighted by atomic mass is 32.1. The van der Waals surface area contributed by atoms with E-state index in [1.165, 1.54) is 0 Å². The quantitative estimate of drug-likeness (QED) is 0.711. The third kappa shape index (κ3) is 2.87. The van der Waals surface area contributed by atoms with Gasteiger partial charge >= 0.3 is 0 Å². The van der Waals surface area contributed by atoms with Crippen LogP contribution in [0.2, 0.25) is 0 Å². The van der Waals surface area contributed by atoms with Gasteiger partial charge in [-0.2, -0.15) is 4.52 Å². The maximum atomic E-state index is 5.97. The van der Waals surface area contributed by atoms with E-state index in [0.717, 1.165) is 35.1 Å². The second-order valence-corrected chi connectivity index (χ2v) is 7.89. The summed E-state index contributed by atoms with van der Waals surface area (Å²) in [6, 6.07) is 3.98. The first kappa shape index (κ1) is 15.5. The Bertz CT molecular complexity index is 851. The molecule has 0 aliphatic carbocycles. The zero-order valence-corrected chi connectivity index (χ0v) is 14.8. The predicted octanol–water partition coefficient (Wildman–Crippen LogP) is 2.46. The standard InChI is InChI=1S/C16H20N6OS/c1-16(2,3)13-10-24-15(17-13)12-9-21(6-7-23-12)11-4-5-14-18-19-20-22(14)8-11/h4-5,8,10,12H,6-7,9H2,1-3H3/t12-/m0/s1. The molecule has 0 aromatic carbocycles. The Labute approximate surface area is 144 Å². The van der Waals surface area contributed by atoms with Crippen LogP contribution in [0.25, 0.3) is 5.65 Å². The first-order valence-electron chi connectivity index (χ1n) is 8.01. The summed E-state index contributed by atoms with van der Waals surface area (Å²) in [6.45, 7) is 8.86. The number of rotatable bonds is 2. The summed E-state index contributed by atoms with van der Waals surface area (Å²) in [7, 11) is 0. The van der Waals surface area contributed by atoms with E-state index in [4.69, 9.17) is 9.72 Å². The molecule has 7 nitrogen and oxygen atoms in total. The molecule has 8 heteroatoms. The summed E-state index contributed by atoms with van der Waals surface area (Å²) in [4.78, 5) is 7.10. The molecule has 126 valence electrons. The molecule has 1 saturated heterocycles. The van der Waals surface area contributed by atoms with E-state index in [2.05, 4.69) is 52.6 Å². The molecule has 1 aliphatic rings. The number of ether oxygens (including phenoxy) is 1. The number of aromatic nitrogens is 5. The van der Waals surface area contributed by atoms with Crippen molar-refractivity contribution in [2.75, 3.05) is 24.6 Å². The molecule has 24 heavy (non-hydrogen) atoms. The molecule has 4 rings (SSSR count). The molecule has 0 radical (unpaired) electrons. The lowest BCUT2D eigenvalue weighted by molar-refractivity contribution is 0.0394. The summed E-state index contributed by atoms with van der Waals surface area (Å²) in [5, 5.41) is 14.8. The second kappa shape index (κ2) is 5.78. The smallest absolute Gasteiger partial charge is 0.179 e. The Balaban J connectivity index is 1.56. The number of tetrazole rings is 1. The Kier molecular flexibility index (Phi) is 3.73. The van der Waals surface area contributed by atoms with Crippen LogP contribution in [0, 0.1) is 0 Å². The van der Waals surface area contributed by atoms with E-state index in [1.807, 2.05) is 12.3 Å². The van der Waals surface area contributed by atoms with E-state index in [-0.39, 0.29) is 11.5 Å². The largest absolute Gasteiger partial charge is 0.367 e. The highest BCUT2D eigenvalue weighted by Crippen LogP contribution is 2.31. The van der Waals surface area contributed by atoms with Gasteiger partial charge in [-0.25, -0.2) is 4.98 Å². The first-order valence-corrected chi connectivity index (χ1v) is 8.89. The van der Waals surface area contributed by atoms with E-state index in [1.54, 1.807) is 15.9 Å². The van der Waals surface area contributed by atoms with Crippen molar-refractivity contribution < 1.29 is 4.74 Å². The minimum Gasteiger partial charge on any atom is -0.367 e. The first-order chi connectivity index (χ1) is 11.5. The Morgan fingerprint density at radius 2 is 2.17 bits per heavy atom. The molecule has 1 aliphatic heterocycles. The number of hydrogen-bond acceptors (Lipinski definition) is 7. The van der Waals surface area contributed by atoms with Crippen molar-refractivity contribution in [1.29, 1.82) is 0 Å². The summed E-state index contributed by atoms with van der Waals surface area (Å²) in [5.41, 5.74) is 3.03. The van der Waals surface area contributed by atoms with Crippen LogP contribution in [0.4, 0.5) is 5.69 Å². The van der Waals surface area contributed by atoms with Crippen molar-refractivity contribution in [3.05, 3.63) is 34.4 Å². The Morgan fingerprint density at radius 3 is 2.96 bits per heavy atom. The van der Waals surface area contributed by atoms with Crippen LogP contribution in [0.5, 0.6) is 0 Å². The fourth-order valence-corrected chi connectivity index (χ4v) is 3.81. The van der Waals surface area contributed by atoms with Crippen LogP contribution in [0.3, 0.4) is 0 Å². The lowest BCUT2D eigenvalue weighted by Crippen LogP contribution is -2.38. The number of nitrogens with zero attached hydrogens (tertiary/aromatic N) is 6. The van der Waals surface area contributed by atoms with Crippen molar-refractivity contribution in [2.24, 2.45) is 0 Å². The maximum Gasteiger partial charge on any atom is 0.179 e. The number of pyridine rings is 1. The molecule has 0 N–H and O–H groups in total. The average Bonchev–Trinajstić information content (AvgIpc) is 3.23. The van der Waals surface area contributed by atoms with E-state index < -0.39 is 0 Å². The van der Waals surface area contributed by atoms with Crippen molar-refractivity contribution in [1.82, 2.24) is 25.0 Å². The van der Waals surface area contributed by atoms with Crippen molar-refractivity contribution in [2.45, 2.75) is 32.3 Å². The van der Waals surface area contributed by atoms with Gasteiger partial charge < -0.3 is 9.64 Å². The van der Waals surface area contributed by atoms with Gasteiger partial charge in [0, 0.05) is 17.3 Å². The van der Waals surface area contributed by atoms with Gasteiger partial charge in [-0.3, -0.25) is 0 Å². The summed E-state index contributed by atoms with van der Waals surface area (Å²) >= 11 is 1.68. The third-order valence-corrected chi connectivity index (χ3v) is 5.11. The summed E-state index contributed by atoms with van der Waals surface area (Å²) in [6.07, 6.45) is 1.96. The normalized spacial score (nSPS) is 19.1. The molecule has 0 saturated carbocycles. The van der Waals surface area contributed by atoms with Gasteiger partial charge in [-0.15, -0.1) is 16.4 Å². The molecule has 0 unspecified atom stereocenters. The lowest BCUT2D eigenvalue weighted by atomic mass is 9.93. The Hall–Kier alpha value is -2.06. The van der Waals surface area contributed by atoms with Crippen molar-refractivity contribution in [3.63, 3.8) is 0 Å². The molecule has 3 aromatic rings. The zero-order chi connectivity index (χ0) is 16.7. The minimum absolute atomic E-state index is 0.00409. The number of anilines is 1. The zero-order valence-electron chi connectivity index (χ0n) is 14.0. The lowest BCUT2D eigenvalue weighted by Gasteiger charge is -2.33. The highest BCUT2D eigenvalue weighted by Gasteiger charge is 2.27. The number of hydrogen-bond donors (Lipinski definition) is 0. The average molecular weight is 344 g/mol. The van der Waals surface area contributed by atoms with E-state index in [0.29, 0.717) is 6.61 Å². The molecular weight excluding hydrogens is 324 g/mol. The van der Waals surface area contributed by atoms with Crippen LogP contribution in [0.1, 0.15) is 37.6 Å². The van der Waals surface area contributed by atoms with Gasteiger partial charge in [0.1, 0.15) is 11.1 Å². The van der Waals surface area contributed by atoms with E-state index >= 15 is 0 Å². The van der Waals surface area contributed by atoms with Gasteiger partial charge in [-0.05, 0) is 22.6 Å². The minimum atomic E-state index is 0.00409. The SMILES string of the molecule is CC(C)(C)c1csc([C@@H]2CN(c3ccc4nnnn4c3)CCO2)n1. The fraction of sp³-hybridized carbons (Fsp3) is 0.500. The molecule has 0 amide bonds. The van der Waals surface area contributed by atoms with Crippen LogP contribution >= 0.6 is 11.3 Å². The second-order valence-electron chi connectivity index (χ2n) is 7.00. The summed E-state index contributed by atoms with van der Waals surface area (Å²) < 4.78 is 7.67. The van der Waals surface area contributed by atoms with Gasteiger partial charge in [0.05, 0.1) is 30.7 Å². The van der Waals surface area contributed by atoms with Crippen LogP contribution in [0.15, 0.2) is 23.7 Å². The number of thiazole rings is 1. The topological polar surface area (TPSA) is 68.4 Å². The highest BCUT2D eigenvalue weighted by molar-refractivity contribution is 7.09. The molecule has 0 spiro atoms. The molecule has 0 bridgehead atoms. The Morgan fingerprint density at radius 1 is 1.29 bits per heavy atom. The molecule has 1 fully saturated rings. The molecule has 1 atom stereocenters. The van der Waals surface area contributed by atoms with Crippen LogP contribution in [-0.2, 0) is 10.2 Å². The van der Waals surface area contributed by atoms with Gasteiger partial charge in [0.2, 0.25) is 0 Å². The number of morpholine rings is 1. The number of fused-ring (bicyclic) bond motifs is 1. The van der Waals surface area contributed by atoms with Gasteiger partial charge in [0.25, 0.3) is 0 Å². The van der Waals surface area contributed by atoms with E-state index in [9.17, 15) is 0 Å². The van der Waals surface area contributed by atoms with Crippen LogP contribution in [-0.4, -0.2) is 44.7 Å². The maximum absolute atomic E-state index is 5.97. The fourth-order valence-electron chi connectivity index (χ4n) is 2.73. The summed E-state index contributed by atoms with van der Waals surface area (Å²) in [5.74, 6) is 0. The molecule has 4 heterocycles.